The summed E-state index contributed by atoms with van der Waals surface area (Å²) in [6.07, 6.45) is 3.05. The standard InChI is InChI=1S/C14H15BrFN3O/c15-11-6-10(7-12(16)8-11)14-18-13(20-19-14)5-9-1-3-17-4-2-9/h6-9,17H,1-5H2. The molecule has 0 spiro atoms. The Bertz CT molecular complexity index is 576. The van der Waals surface area contributed by atoms with Gasteiger partial charge in [0, 0.05) is 16.5 Å². The summed E-state index contributed by atoms with van der Waals surface area (Å²) in [4.78, 5) is 4.37. The van der Waals surface area contributed by atoms with E-state index in [0.29, 0.717) is 27.7 Å². The molecule has 2 aromatic rings. The van der Waals surface area contributed by atoms with E-state index in [9.17, 15) is 4.39 Å². The van der Waals surface area contributed by atoms with E-state index in [2.05, 4.69) is 31.4 Å². The van der Waals surface area contributed by atoms with Gasteiger partial charge in [-0.2, -0.15) is 4.98 Å². The molecule has 1 fully saturated rings. The molecular formula is C14H15BrFN3O. The van der Waals surface area contributed by atoms with Crippen molar-refractivity contribution < 1.29 is 8.91 Å². The average molecular weight is 340 g/mol. The molecule has 0 saturated carbocycles. The van der Waals surface area contributed by atoms with Gasteiger partial charge in [0.05, 0.1) is 0 Å². The van der Waals surface area contributed by atoms with Gasteiger partial charge in [0.2, 0.25) is 11.7 Å². The Balaban J connectivity index is 1.75. The highest BCUT2D eigenvalue weighted by Gasteiger charge is 2.18. The average Bonchev–Trinajstić information content (AvgIpc) is 2.87. The van der Waals surface area contributed by atoms with Gasteiger partial charge in [-0.1, -0.05) is 21.1 Å². The van der Waals surface area contributed by atoms with Crippen molar-refractivity contribution in [3.8, 4) is 11.4 Å². The summed E-state index contributed by atoms with van der Waals surface area (Å²) in [5, 5.41) is 7.28. The van der Waals surface area contributed by atoms with Crippen molar-refractivity contribution >= 4 is 15.9 Å². The Kier molecular flexibility index (Phi) is 4.12. The van der Waals surface area contributed by atoms with Gasteiger partial charge >= 0.3 is 0 Å². The second-order valence-corrected chi connectivity index (χ2v) is 5.98. The number of hydrogen-bond acceptors (Lipinski definition) is 4. The smallest absolute Gasteiger partial charge is 0.227 e. The van der Waals surface area contributed by atoms with Gasteiger partial charge < -0.3 is 9.84 Å². The second-order valence-electron chi connectivity index (χ2n) is 5.07. The Morgan fingerprint density at radius 3 is 2.85 bits per heavy atom. The van der Waals surface area contributed by atoms with Crippen molar-refractivity contribution in [1.82, 2.24) is 15.5 Å². The molecule has 0 atom stereocenters. The lowest BCUT2D eigenvalue weighted by Crippen LogP contribution is -2.28. The minimum atomic E-state index is -0.320. The molecule has 20 heavy (non-hydrogen) atoms. The van der Waals surface area contributed by atoms with Crippen molar-refractivity contribution in [2.45, 2.75) is 19.3 Å². The van der Waals surface area contributed by atoms with Crippen LogP contribution in [0.15, 0.2) is 27.2 Å². The number of nitrogens with one attached hydrogen (secondary N) is 1. The largest absolute Gasteiger partial charge is 0.339 e. The maximum atomic E-state index is 13.4. The molecule has 1 N–H and O–H groups in total. The summed E-state index contributed by atoms with van der Waals surface area (Å²) in [6.45, 7) is 2.09. The van der Waals surface area contributed by atoms with Crippen LogP contribution in [-0.2, 0) is 6.42 Å². The normalized spacial score (nSPS) is 16.5. The lowest BCUT2D eigenvalue weighted by Gasteiger charge is -2.20. The quantitative estimate of drug-likeness (QED) is 0.932. The number of halogens is 2. The van der Waals surface area contributed by atoms with Gasteiger partial charge in [0.1, 0.15) is 5.82 Å². The zero-order chi connectivity index (χ0) is 13.9. The summed E-state index contributed by atoms with van der Waals surface area (Å²) >= 11 is 3.26. The first-order valence-electron chi connectivity index (χ1n) is 6.70. The molecule has 1 saturated heterocycles. The Labute approximate surface area is 124 Å². The molecule has 0 aliphatic carbocycles. The minimum Gasteiger partial charge on any atom is -0.339 e. The van der Waals surface area contributed by atoms with Gasteiger partial charge in [-0.15, -0.1) is 0 Å². The lowest BCUT2D eigenvalue weighted by molar-refractivity contribution is 0.313. The Hall–Kier alpha value is -1.27. The van der Waals surface area contributed by atoms with Crippen LogP contribution >= 0.6 is 15.9 Å². The maximum absolute atomic E-state index is 13.4. The van der Waals surface area contributed by atoms with E-state index in [4.69, 9.17) is 4.52 Å². The van der Waals surface area contributed by atoms with E-state index in [0.717, 1.165) is 32.4 Å². The van der Waals surface area contributed by atoms with Gasteiger partial charge in [0.15, 0.2) is 0 Å². The van der Waals surface area contributed by atoms with E-state index in [-0.39, 0.29) is 5.82 Å². The van der Waals surface area contributed by atoms with Crippen LogP contribution in [0.5, 0.6) is 0 Å². The molecule has 0 amide bonds. The summed E-state index contributed by atoms with van der Waals surface area (Å²) in [7, 11) is 0. The van der Waals surface area contributed by atoms with Crippen molar-refractivity contribution in [1.29, 1.82) is 0 Å². The molecule has 1 aliphatic heterocycles. The molecule has 2 heterocycles. The van der Waals surface area contributed by atoms with E-state index < -0.39 is 0 Å². The fourth-order valence-corrected chi connectivity index (χ4v) is 2.94. The highest BCUT2D eigenvalue weighted by Crippen LogP contribution is 2.24. The van der Waals surface area contributed by atoms with Gasteiger partial charge in [0.25, 0.3) is 0 Å². The van der Waals surface area contributed by atoms with Crippen LogP contribution in [0.1, 0.15) is 18.7 Å². The molecule has 6 heteroatoms. The molecule has 106 valence electrons. The highest BCUT2D eigenvalue weighted by molar-refractivity contribution is 9.10. The first-order valence-corrected chi connectivity index (χ1v) is 7.50. The van der Waals surface area contributed by atoms with E-state index >= 15 is 0 Å². The molecule has 0 bridgehead atoms. The molecule has 0 unspecified atom stereocenters. The molecule has 1 aromatic carbocycles. The number of nitrogens with zero attached hydrogens (tertiary/aromatic N) is 2. The summed E-state index contributed by atoms with van der Waals surface area (Å²) in [5.74, 6) is 1.34. The highest BCUT2D eigenvalue weighted by atomic mass is 79.9. The van der Waals surface area contributed by atoms with Crippen LogP contribution < -0.4 is 5.32 Å². The lowest BCUT2D eigenvalue weighted by atomic mass is 9.95. The van der Waals surface area contributed by atoms with Crippen LogP contribution in [0.2, 0.25) is 0 Å². The predicted molar refractivity (Wildman–Crippen MR) is 76.7 cm³/mol. The second kappa shape index (κ2) is 6.01. The number of aromatic nitrogens is 2. The van der Waals surface area contributed by atoms with Crippen molar-refractivity contribution in [2.75, 3.05) is 13.1 Å². The number of hydrogen-bond donors (Lipinski definition) is 1. The van der Waals surface area contributed by atoms with Crippen LogP contribution in [0, 0.1) is 11.7 Å². The Morgan fingerprint density at radius 2 is 2.10 bits per heavy atom. The van der Waals surface area contributed by atoms with E-state index in [1.54, 1.807) is 6.07 Å². The molecule has 1 aliphatic rings. The van der Waals surface area contributed by atoms with Crippen molar-refractivity contribution in [3.63, 3.8) is 0 Å². The van der Waals surface area contributed by atoms with Crippen LogP contribution in [0.4, 0.5) is 4.39 Å². The fraction of sp³-hybridized carbons (Fsp3) is 0.429. The third kappa shape index (κ3) is 3.24. The molecular weight excluding hydrogens is 325 g/mol. The maximum Gasteiger partial charge on any atom is 0.227 e. The summed E-state index contributed by atoms with van der Waals surface area (Å²) in [6, 6.07) is 4.59. The van der Waals surface area contributed by atoms with Gasteiger partial charge in [-0.05, 0) is 50.0 Å². The Morgan fingerprint density at radius 1 is 1.30 bits per heavy atom. The van der Waals surface area contributed by atoms with E-state index in [1.165, 1.54) is 12.1 Å². The van der Waals surface area contributed by atoms with Crippen molar-refractivity contribution in [3.05, 3.63) is 34.4 Å². The monoisotopic (exact) mass is 339 g/mol. The van der Waals surface area contributed by atoms with E-state index in [1.807, 2.05) is 0 Å². The van der Waals surface area contributed by atoms with Crippen LogP contribution in [0.25, 0.3) is 11.4 Å². The topological polar surface area (TPSA) is 51.0 Å². The molecule has 4 nitrogen and oxygen atoms in total. The SMILES string of the molecule is Fc1cc(Br)cc(-c2noc(CC3CCNCC3)n2)c1. The van der Waals surface area contributed by atoms with Crippen LogP contribution in [-0.4, -0.2) is 23.2 Å². The summed E-state index contributed by atoms with van der Waals surface area (Å²) in [5.41, 5.74) is 0.622. The van der Waals surface area contributed by atoms with Gasteiger partial charge in [-0.3, -0.25) is 0 Å². The third-order valence-corrected chi connectivity index (χ3v) is 3.97. The predicted octanol–water partition coefficient (Wildman–Crippen LogP) is 3.18. The minimum absolute atomic E-state index is 0.320. The molecule has 0 radical (unpaired) electrons. The number of rotatable bonds is 3. The first kappa shape index (κ1) is 13.7. The zero-order valence-corrected chi connectivity index (χ0v) is 12.5. The van der Waals surface area contributed by atoms with Gasteiger partial charge in [-0.25, -0.2) is 4.39 Å². The van der Waals surface area contributed by atoms with Crippen LogP contribution in [0.3, 0.4) is 0 Å². The van der Waals surface area contributed by atoms with Crippen molar-refractivity contribution in [2.24, 2.45) is 5.92 Å². The molecule has 3 rings (SSSR count). The summed E-state index contributed by atoms with van der Waals surface area (Å²) < 4.78 is 19.3. The number of benzene rings is 1. The fourth-order valence-electron chi connectivity index (χ4n) is 2.47. The zero-order valence-electron chi connectivity index (χ0n) is 10.9. The molecule has 1 aromatic heterocycles. The third-order valence-electron chi connectivity index (χ3n) is 3.51. The number of piperidine rings is 1. The first-order chi connectivity index (χ1) is 9.70.